The van der Waals surface area contributed by atoms with Crippen LogP contribution in [0, 0.1) is 0 Å². The molecule has 0 aromatic rings. The molecule has 0 saturated carbocycles. The summed E-state index contributed by atoms with van der Waals surface area (Å²) < 4.78 is 0. The van der Waals surface area contributed by atoms with Gasteiger partial charge in [-0.2, -0.15) is 0 Å². The first-order chi connectivity index (χ1) is 14.2. The molecule has 0 aliphatic carbocycles. The van der Waals surface area contributed by atoms with Gasteiger partial charge in [-0.1, -0.05) is 103 Å². The molecule has 29 heavy (non-hydrogen) atoms. The monoisotopic (exact) mass is 408 g/mol. The fraction of sp³-hybridized carbons (Fsp3) is 0.846. The predicted octanol–water partition coefficient (Wildman–Crippen LogP) is 8.41. The summed E-state index contributed by atoms with van der Waals surface area (Å²) in [5.74, 6) is -0.233. The van der Waals surface area contributed by atoms with Gasteiger partial charge in [0.2, 0.25) is 0 Å². The van der Waals surface area contributed by atoms with E-state index in [-0.39, 0.29) is 0 Å². The molecule has 0 spiro atoms. The van der Waals surface area contributed by atoms with Crippen LogP contribution in [0.2, 0.25) is 0 Å². The summed E-state index contributed by atoms with van der Waals surface area (Å²) in [5.41, 5.74) is 0. The Bertz CT molecular complexity index is 401. The summed E-state index contributed by atoms with van der Waals surface area (Å²) >= 11 is 0. The third kappa shape index (κ3) is 24.8. The molecule has 3 nitrogen and oxygen atoms in total. The molecular formula is C26H48O3. The first kappa shape index (κ1) is 27.9. The van der Waals surface area contributed by atoms with Gasteiger partial charge in [0.15, 0.2) is 0 Å². The van der Waals surface area contributed by atoms with Crippen LogP contribution in [0.4, 0.5) is 0 Å². The van der Waals surface area contributed by atoms with E-state index >= 15 is 0 Å². The fourth-order valence-corrected chi connectivity index (χ4v) is 3.66. The normalized spacial score (nSPS) is 11.3. The van der Waals surface area contributed by atoms with Gasteiger partial charge < -0.3 is 5.11 Å². The Kier molecular flexibility index (Phi) is 22.3. The maximum absolute atomic E-state index is 11.9. The molecule has 0 fully saturated rings. The maximum atomic E-state index is 11.9. The predicted molar refractivity (Wildman–Crippen MR) is 124 cm³/mol. The van der Waals surface area contributed by atoms with Crippen LogP contribution < -0.4 is 0 Å². The number of carbonyl (C=O) groups excluding carboxylic acids is 1. The van der Waals surface area contributed by atoms with Gasteiger partial charge in [-0.3, -0.25) is 9.59 Å². The number of hydrogen-bond acceptors (Lipinski definition) is 2. The first-order valence-electron chi connectivity index (χ1n) is 12.5. The molecule has 0 unspecified atom stereocenters. The summed E-state index contributed by atoms with van der Waals surface area (Å²) in [6.07, 6.45) is 28.0. The number of rotatable bonds is 23. The zero-order chi connectivity index (χ0) is 21.4. The highest BCUT2D eigenvalue weighted by Gasteiger charge is 2.01. The van der Waals surface area contributed by atoms with Crippen molar-refractivity contribution in [3.05, 3.63) is 12.2 Å². The van der Waals surface area contributed by atoms with Crippen molar-refractivity contribution in [2.45, 2.75) is 142 Å². The number of aliphatic carboxylic acids is 1. The zero-order valence-corrected chi connectivity index (χ0v) is 19.3. The molecule has 0 heterocycles. The SMILES string of the molecule is CCCCC/C=C/CCC(=O)CCCCCCCCCCCCCCCC(=O)O. The van der Waals surface area contributed by atoms with Crippen LogP contribution >= 0.6 is 0 Å². The number of carbonyl (C=O) groups is 2. The standard InChI is InChI=1S/C26H48O3/c1-2-3-4-5-13-16-19-22-25(27)23-20-17-14-11-9-7-6-8-10-12-15-18-21-24-26(28)29/h13,16H,2-12,14-15,17-24H2,1H3,(H,28,29)/b16-13+. The van der Waals surface area contributed by atoms with Crippen molar-refractivity contribution in [1.29, 1.82) is 0 Å². The summed E-state index contributed by atoms with van der Waals surface area (Å²) in [6.45, 7) is 2.22. The number of hydrogen-bond donors (Lipinski definition) is 1. The molecule has 0 atom stereocenters. The Labute approximate surface area is 180 Å². The van der Waals surface area contributed by atoms with Gasteiger partial charge in [0.05, 0.1) is 0 Å². The van der Waals surface area contributed by atoms with E-state index < -0.39 is 5.97 Å². The second kappa shape index (κ2) is 23.2. The van der Waals surface area contributed by atoms with Crippen LogP contribution in [0.5, 0.6) is 0 Å². The van der Waals surface area contributed by atoms with Crippen molar-refractivity contribution >= 4 is 11.8 Å². The summed E-state index contributed by atoms with van der Waals surface area (Å²) in [4.78, 5) is 22.3. The third-order valence-corrected chi connectivity index (χ3v) is 5.58. The van der Waals surface area contributed by atoms with Gasteiger partial charge in [0, 0.05) is 19.3 Å². The van der Waals surface area contributed by atoms with Crippen molar-refractivity contribution in [2.24, 2.45) is 0 Å². The van der Waals surface area contributed by atoms with Crippen LogP contribution in [0.1, 0.15) is 142 Å². The smallest absolute Gasteiger partial charge is 0.303 e. The number of carboxylic acids is 1. The average Bonchev–Trinajstić information content (AvgIpc) is 2.70. The third-order valence-electron chi connectivity index (χ3n) is 5.58. The number of carboxylic acid groups (broad SMARTS) is 1. The van der Waals surface area contributed by atoms with Gasteiger partial charge in [0.1, 0.15) is 5.78 Å². The lowest BCUT2D eigenvalue weighted by Crippen LogP contribution is -1.96. The highest BCUT2D eigenvalue weighted by molar-refractivity contribution is 5.78. The van der Waals surface area contributed by atoms with Crippen molar-refractivity contribution < 1.29 is 14.7 Å². The van der Waals surface area contributed by atoms with E-state index in [9.17, 15) is 9.59 Å². The number of unbranched alkanes of at least 4 members (excludes halogenated alkanes) is 15. The van der Waals surface area contributed by atoms with E-state index in [1.54, 1.807) is 0 Å². The molecule has 1 N–H and O–H groups in total. The first-order valence-corrected chi connectivity index (χ1v) is 12.5. The Balaban J connectivity index is 3.19. The Morgan fingerprint density at radius 2 is 1.00 bits per heavy atom. The quantitative estimate of drug-likeness (QED) is 0.136. The molecule has 0 amide bonds. The summed E-state index contributed by atoms with van der Waals surface area (Å²) in [6, 6.07) is 0. The van der Waals surface area contributed by atoms with E-state index in [4.69, 9.17) is 5.11 Å². The van der Waals surface area contributed by atoms with E-state index in [1.807, 2.05) is 0 Å². The zero-order valence-electron chi connectivity index (χ0n) is 19.3. The van der Waals surface area contributed by atoms with Gasteiger partial charge in [-0.25, -0.2) is 0 Å². The average molecular weight is 409 g/mol. The molecule has 0 aromatic carbocycles. The lowest BCUT2D eigenvalue weighted by atomic mass is 10.0. The molecule has 0 saturated heterocycles. The van der Waals surface area contributed by atoms with Gasteiger partial charge in [-0.05, 0) is 32.1 Å². The van der Waals surface area contributed by atoms with Crippen LogP contribution in [-0.4, -0.2) is 16.9 Å². The van der Waals surface area contributed by atoms with Crippen LogP contribution in [0.15, 0.2) is 12.2 Å². The van der Waals surface area contributed by atoms with Gasteiger partial charge >= 0.3 is 5.97 Å². The van der Waals surface area contributed by atoms with Gasteiger partial charge in [-0.15, -0.1) is 0 Å². The van der Waals surface area contributed by atoms with E-state index in [0.717, 1.165) is 44.9 Å². The van der Waals surface area contributed by atoms with Crippen molar-refractivity contribution in [3.63, 3.8) is 0 Å². The molecule has 0 rings (SSSR count). The van der Waals surface area contributed by atoms with E-state index in [0.29, 0.717) is 12.2 Å². The lowest BCUT2D eigenvalue weighted by molar-refractivity contribution is -0.137. The van der Waals surface area contributed by atoms with E-state index in [1.165, 1.54) is 83.5 Å². The largest absolute Gasteiger partial charge is 0.481 e. The molecule has 170 valence electrons. The molecule has 0 radical (unpaired) electrons. The topological polar surface area (TPSA) is 54.4 Å². The summed E-state index contributed by atoms with van der Waals surface area (Å²) in [5, 5.41) is 8.58. The minimum absolute atomic E-state index is 0.324. The van der Waals surface area contributed by atoms with Gasteiger partial charge in [0.25, 0.3) is 0 Å². The molecule has 3 heteroatoms. The molecule has 0 aliphatic rings. The highest BCUT2D eigenvalue weighted by atomic mass is 16.4. The Morgan fingerprint density at radius 1 is 0.552 bits per heavy atom. The number of allylic oxidation sites excluding steroid dienone is 2. The number of ketones is 1. The molecule has 0 bridgehead atoms. The van der Waals surface area contributed by atoms with Crippen molar-refractivity contribution in [3.8, 4) is 0 Å². The molecular weight excluding hydrogens is 360 g/mol. The minimum Gasteiger partial charge on any atom is -0.481 e. The molecule has 0 aromatic heterocycles. The Hall–Kier alpha value is -1.12. The highest BCUT2D eigenvalue weighted by Crippen LogP contribution is 2.14. The van der Waals surface area contributed by atoms with E-state index in [2.05, 4.69) is 19.1 Å². The Morgan fingerprint density at radius 3 is 1.48 bits per heavy atom. The second-order valence-corrected chi connectivity index (χ2v) is 8.53. The second-order valence-electron chi connectivity index (χ2n) is 8.53. The minimum atomic E-state index is -0.669. The lowest BCUT2D eigenvalue weighted by Gasteiger charge is -2.03. The van der Waals surface area contributed by atoms with Crippen LogP contribution in [0.25, 0.3) is 0 Å². The van der Waals surface area contributed by atoms with Crippen molar-refractivity contribution in [2.75, 3.05) is 0 Å². The summed E-state index contributed by atoms with van der Waals surface area (Å²) in [7, 11) is 0. The van der Waals surface area contributed by atoms with Crippen molar-refractivity contribution in [1.82, 2.24) is 0 Å². The number of Topliss-reactive ketones (excluding diaryl/α,β-unsaturated/α-hetero) is 1. The molecule has 0 aliphatic heterocycles. The maximum Gasteiger partial charge on any atom is 0.303 e. The van der Waals surface area contributed by atoms with Crippen LogP contribution in [-0.2, 0) is 9.59 Å². The van der Waals surface area contributed by atoms with Crippen LogP contribution in [0.3, 0.4) is 0 Å². The fourth-order valence-electron chi connectivity index (χ4n) is 3.66.